The minimum Gasteiger partial charge on any atom is -0.481 e. The number of aliphatic carboxylic acids is 1. The van der Waals surface area contributed by atoms with Crippen LogP contribution in [0.1, 0.15) is 99.8 Å². The van der Waals surface area contributed by atoms with Gasteiger partial charge < -0.3 is 42.5 Å². The van der Waals surface area contributed by atoms with E-state index in [9.17, 15) is 14.4 Å². The van der Waals surface area contributed by atoms with Crippen molar-refractivity contribution >= 4 is 141 Å². The number of benzene rings is 3. The number of carbonyl (C=O) groups is 3. The predicted octanol–water partition coefficient (Wildman–Crippen LogP) is 11.8. The van der Waals surface area contributed by atoms with Crippen LogP contribution >= 0.6 is 65.9 Å². The van der Waals surface area contributed by atoms with Gasteiger partial charge in [0.2, 0.25) is 0 Å². The van der Waals surface area contributed by atoms with Crippen molar-refractivity contribution in [3.05, 3.63) is 96.4 Å². The number of fused-ring (bicyclic) bond motifs is 3. The van der Waals surface area contributed by atoms with Gasteiger partial charge in [0.15, 0.2) is 0 Å². The molecule has 0 unspecified atom stereocenters. The van der Waals surface area contributed by atoms with Crippen molar-refractivity contribution in [1.82, 2.24) is 0 Å². The van der Waals surface area contributed by atoms with Gasteiger partial charge in [-0.25, -0.2) is 0 Å². The Balaban J connectivity index is 0.000000156. The molecule has 6 heterocycles. The Morgan fingerprint density at radius 1 is 0.500 bits per heavy atom. The second-order valence-electron chi connectivity index (χ2n) is 20.2. The van der Waals surface area contributed by atoms with E-state index < -0.39 is 27.1 Å². The number of hydrogen-bond donors (Lipinski definition) is 1. The summed E-state index contributed by atoms with van der Waals surface area (Å²) in [5, 5.41) is 17.9. The van der Waals surface area contributed by atoms with Gasteiger partial charge in [0.05, 0.1) is 67.1 Å². The number of carboxylic acid groups (broad SMARTS) is 1. The smallest absolute Gasteiger partial charge is 0.481 e. The maximum absolute atomic E-state index is 11.6. The normalized spacial score (nSPS) is 18.9. The summed E-state index contributed by atoms with van der Waals surface area (Å²) in [5.41, 5.74) is 1.70. The van der Waals surface area contributed by atoms with Crippen molar-refractivity contribution in [2.45, 2.75) is 136 Å². The molecule has 3 aliphatic rings. The molecule has 0 aliphatic carbocycles. The van der Waals surface area contributed by atoms with Crippen LogP contribution < -0.4 is 5.46 Å². The largest absolute Gasteiger partial charge is 0.494 e. The van der Waals surface area contributed by atoms with E-state index in [1.54, 1.807) is 34.0 Å². The third-order valence-corrected chi connectivity index (χ3v) is 17.7. The Bertz CT molecular complexity index is 2770. The Labute approximate surface area is 441 Å². The van der Waals surface area contributed by atoms with Crippen LogP contribution in [0.15, 0.2) is 79.7 Å². The lowest BCUT2D eigenvalue weighted by Crippen LogP contribution is -2.41. The highest BCUT2D eigenvalue weighted by atomic mass is 79.9. The molecule has 3 aromatic heterocycles. The Morgan fingerprint density at radius 3 is 1.16 bits per heavy atom. The molecular formula is C50H61B3Br2O12S3. The Kier molecular flexibility index (Phi) is 17.5. The van der Waals surface area contributed by atoms with E-state index in [1.165, 1.54) is 18.9 Å². The summed E-state index contributed by atoms with van der Waals surface area (Å²) in [6.07, 6.45) is 0.715. The molecule has 0 atom stereocenters. The summed E-state index contributed by atoms with van der Waals surface area (Å²) in [4.78, 5) is 33.3. The molecule has 3 aliphatic heterocycles. The summed E-state index contributed by atoms with van der Waals surface area (Å²) in [6, 6.07) is 18.1. The molecule has 3 saturated heterocycles. The first kappa shape index (κ1) is 56.2. The van der Waals surface area contributed by atoms with Gasteiger partial charge in [-0.2, -0.15) is 0 Å². The van der Waals surface area contributed by atoms with Crippen molar-refractivity contribution in [1.29, 1.82) is 0 Å². The average molecular weight is 1140 g/mol. The number of ether oxygens (including phenoxy) is 2. The van der Waals surface area contributed by atoms with Crippen LogP contribution in [0, 0.1) is 0 Å². The zero-order valence-corrected chi connectivity index (χ0v) is 47.8. The van der Waals surface area contributed by atoms with Crippen LogP contribution in [-0.2, 0) is 71.0 Å². The highest BCUT2D eigenvalue weighted by molar-refractivity contribution is 9.10. The lowest BCUT2D eigenvalue weighted by molar-refractivity contribution is -0.140. The number of halogens is 2. The van der Waals surface area contributed by atoms with Gasteiger partial charge in [-0.3, -0.25) is 14.4 Å². The van der Waals surface area contributed by atoms with Crippen molar-refractivity contribution < 1.29 is 56.9 Å². The zero-order chi connectivity index (χ0) is 51.8. The summed E-state index contributed by atoms with van der Waals surface area (Å²) in [6.45, 7) is 24.4. The van der Waals surface area contributed by atoms with Gasteiger partial charge in [-0.15, -0.1) is 34.0 Å². The molecule has 0 bridgehead atoms. The fraction of sp³-hybridized carbons (Fsp3) is 0.460. The van der Waals surface area contributed by atoms with E-state index in [4.69, 9.17) is 37.8 Å². The molecular weight excluding hydrogens is 1080 g/mol. The molecule has 1 N–H and O–H groups in total. The number of thiophene rings is 3. The van der Waals surface area contributed by atoms with Gasteiger partial charge >= 0.3 is 39.0 Å². The second kappa shape index (κ2) is 21.8. The minimum absolute atomic E-state index is 0.0937. The molecule has 70 heavy (non-hydrogen) atoms. The maximum Gasteiger partial charge on any atom is 0.494 e. The van der Waals surface area contributed by atoms with E-state index in [1.807, 2.05) is 142 Å². The summed E-state index contributed by atoms with van der Waals surface area (Å²) < 4.78 is 51.0. The van der Waals surface area contributed by atoms with Crippen LogP contribution in [0.25, 0.3) is 30.3 Å². The summed E-state index contributed by atoms with van der Waals surface area (Å²) in [7, 11) is 1.47. The number of carboxylic acids is 1. The average Bonchev–Trinajstić information content (AvgIpc) is 4.09. The third kappa shape index (κ3) is 12.8. The van der Waals surface area contributed by atoms with Gasteiger partial charge in [0.25, 0.3) is 0 Å². The second-order valence-corrected chi connectivity index (χ2v) is 24.8. The van der Waals surface area contributed by atoms with Crippen molar-refractivity contribution in [3.8, 4) is 0 Å². The first-order chi connectivity index (χ1) is 32.5. The van der Waals surface area contributed by atoms with Crippen molar-refractivity contribution in [3.63, 3.8) is 0 Å². The van der Waals surface area contributed by atoms with E-state index in [0.717, 1.165) is 56.7 Å². The summed E-state index contributed by atoms with van der Waals surface area (Å²) in [5.74, 6) is -1.22. The minimum atomic E-state index is -0.787. The number of carbonyl (C=O) groups excluding carboxylic acids is 2. The fourth-order valence-corrected chi connectivity index (χ4v) is 10.9. The van der Waals surface area contributed by atoms with E-state index >= 15 is 0 Å². The number of esters is 2. The number of hydrogen-bond acceptors (Lipinski definition) is 14. The van der Waals surface area contributed by atoms with Crippen LogP contribution in [0.2, 0.25) is 0 Å². The van der Waals surface area contributed by atoms with E-state index in [-0.39, 0.29) is 58.4 Å². The first-order valence-electron chi connectivity index (χ1n) is 22.7. The van der Waals surface area contributed by atoms with Gasteiger partial charge in [-0.05, 0) is 180 Å². The molecule has 3 aromatic carbocycles. The van der Waals surface area contributed by atoms with Gasteiger partial charge in [-0.1, -0.05) is 44.0 Å². The lowest BCUT2D eigenvalue weighted by atomic mass is 9.49. The molecule has 0 radical (unpaired) electrons. The van der Waals surface area contributed by atoms with Crippen LogP contribution in [0.3, 0.4) is 0 Å². The van der Waals surface area contributed by atoms with Gasteiger partial charge in [0.1, 0.15) is 0 Å². The molecule has 6 aromatic rings. The van der Waals surface area contributed by atoms with Gasteiger partial charge in [0, 0.05) is 23.0 Å². The third-order valence-electron chi connectivity index (χ3n) is 13.7. The lowest BCUT2D eigenvalue weighted by Gasteiger charge is -2.32. The highest BCUT2D eigenvalue weighted by Gasteiger charge is 2.63. The molecule has 374 valence electrons. The molecule has 12 nitrogen and oxygen atoms in total. The molecule has 20 heteroatoms. The first-order valence-corrected chi connectivity index (χ1v) is 26.9. The molecule has 3 fully saturated rings. The Hall–Kier alpha value is -3.14. The topological polar surface area (TPSA) is 145 Å². The quantitative estimate of drug-likeness (QED) is 0.114. The SMILES string of the molecule is CC1(C)OB(B2OC(C)(C)C(C)(C)O2)OC1(C)C.COC(=O)Cc1csc2ccc(B3OC(C)(C)C(C)(C)O3)cc12.COC(=O)Cc1csc2ccc(Br)cc12.O=C(O)Cc1csc2ccc(Br)cc12. The molecule has 0 amide bonds. The van der Waals surface area contributed by atoms with E-state index in [2.05, 4.69) is 48.7 Å². The van der Waals surface area contributed by atoms with Crippen LogP contribution in [0.5, 0.6) is 0 Å². The molecule has 9 rings (SSSR count). The van der Waals surface area contributed by atoms with Crippen LogP contribution in [0.4, 0.5) is 0 Å². The molecule has 0 saturated carbocycles. The molecule has 0 spiro atoms. The monoisotopic (exact) mass is 1140 g/mol. The fourth-order valence-electron chi connectivity index (χ4n) is 7.36. The van der Waals surface area contributed by atoms with Crippen molar-refractivity contribution in [2.24, 2.45) is 0 Å². The Morgan fingerprint density at radius 2 is 0.814 bits per heavy atom. The number of methoxy groups -OCH3 is 2. The zero-order valence-electron chi connectivity index (χ0n) is 42.2. The predicted molar refractivity (Wildman–Crippen MR) is 292 cm³/mol. The van der Waals surface area contributed by atoms with E-state index in [0.29, 0.717) is 6.42 Å². The summed E-state index contributed by atoms with van der Waals surface area (Å²) >= 11 is 11.7. The van der Waals surface area contributed by atoms with Crippen molar-refractivity contribution in [2.75, 3.05) is 14.2 Å². The highest BCUT2D eigenvalue weighted by Crippen LogP contribution is 2.43. The maximum atomic E-state index is 11.6. The number of rotatable bonds is 8. The van der Waals surface area contributed by atoms with Crippen LogP contribution in [-0.4, -0.2) is 92.0 Å². The standard InChI is InChI=1S/C17H21BO4S.C12H24B2O4.C11H9BrO2S.C10H7BrO2S/c1-16(2)17(3,4)22-18(21-16)12-6-7-14-13(9-12)11(10-23-14)8-15(19)20-5;1-9(2)10(3,4)16-13(15-9)14-17-11(5,6)12(7,8)18-14;1-14-11(13)4-7-6-15-10-3-2-8(12)5-9(7)10;11-7-1-2-9-8(4-7)6(5-14-9)3-10(12)13/h6-7,9-10H,8H2,1-5H3;1-8H3;2-3,5-6H,4H2,1H3;1-2,4-5H,3H2,(H,12,13).